The van der Waals surface area contributed by atoms with Gasteiger partial charge in [0, 0.05) is 32.0 Å². The van der Waals surface area contributed by atoms with E-state index in [1.807, 2.05) is 42.2 Å². The number of nitrogens with one attached hydrogen (secondary N) is 1. The molecule has 26 heavy (non-hydrogen) atoms. The molecule has 1 fully saturated rings. The molecule has 1 aromatic rings. The molecule has 5 nitrogen and oxygen atoms in total. The molecule has 0 saturated carbocycles. The highest BCUT2D eigenvalue weighted by atomic mass is 16.2. The maximum Gasteiger partial charge on any atom is 0.223 e. The quantitative estimate of drug-likeness (QED) is 0.785. The summed E-state index contributed by atoms with van der Waals surface area (Å²) in [6, 6.07) is 10.1. The van der Waals surface area contributed by atoms with Gasteiger partial charge in [0.2, 0.25) is 11.8 Å². The fourth-order valence-electron chi connectivity index (χ4n) is 3.26. The summed E-state index contributed by atoms with van der Waals surface area (Å²) < 4.78 is 0. The summed E-state index contributed by atoms with van der Waals surface area (Å²) in [5, 5.41) is 3.14. The van der Waals surface area contributed by atoms with Crippen LogP contribution in [0.3, 0.4) is 0 Å². The number of piperidine rings is 1. The number of hydrogen-bond donors (Lipinski definition) is 2. The average Bonchev–Trinajstić information content (AvgIpc) is 2.66. The van der Waals surface area contributed by atoms with Gasteiger partial charge in [0.1, 0.15) is 0 Å². The summed E-state index contributed by atoms with van der Waals surface area (Å²) in [4.78, 5) is 26.9. The molecule has 2 rings (SSSR count). The minimum Gasteiger partial charge on any atom is -0.349 e. The SMILES string of the molecule is CC(C)C(C)(CN)NC(=O)C1CCN(C(=O)CCc2ccccc2)CC1. The van der Waals surface area contributed by atoms with Crippen molar-refractivity contribution in [1.82, 2.24) is 10.2 Å². The van der Waals surface area contributed by atoms with E-state index in [1.54, 1.807) is 0 Å². The molecule has 1 aliphatic rings. The van der Waals surface area contributed by atoms with Gasteiger partial charge in [0.15, 0.2) is 0 Å². The van der Waals surface area contributed by atoms with Crippen LogP contribution in [0.25, 0.3) is 0 Å². The van der Waals surface area contributed by atoms with Crippen molar-refractivity contribution in [2.75, 3.05) is 19.6 Å². The van der Waals surface area contributed by atoms with E-state index in [-0.39, 0.29) is 29.2 Å². The lowest BCUT2D eigenvalue weighted by atomic mass is 9.86. The topological polar surface area (TPSA) is 75.4 Å². The molecule has 1 aromatic carbocycles. The Balaban J connectivity index is 1.79. The molecule has 5 heteroatoms. The van der Waals surface area contributed by atoms with E-state index in [0.29, 0.717) is 26.1 Å². The number of aryl methyl sites for hydroxylation is 1. The van der Waals surface area contributed by atoms with Crippen molar-refractivity contribution in [2.45, 2.75) is 52.0 Å². The highest BCUT2D eigenvalue weighted by Crippen LogP contribution is 2.21. The van der Waals surface area contributed by atoms with E-state index in [0.717, 1.165) is 19.3 Å². The van der Waals surface area contributed by atoms with Crippen molar-refractivity contribution >= 4 is 11.8 Å². The van der Waals surface area contributed by atoms with Crippen molar-refractivity contribution in [3.8, 4) is 0 Å². The van der Waals surface area contributed by atoms with E-state index in [2.05, 4.69) is 19.2 Å². The molecule has 0 spiro atoms. The summed E-state index contributed by atoms with van der Waals surface area (Å²) in [7, 11) is 0. The minimum absolute atomic E-state index is 0.0298. The maximum absolute atomic E-state index is 12.6. The molecular formula is C21H33N3O2. The first kappa shape index (κ1) is 20.4. The third kappa shape index (κ3) is 5.31. The van der Waals surface area contributed by atoms with Gasteiger partial charge in [0.25, 0.3) is 0 Å². The largest absolute Gasteiger partial charge is 0.349 e. The van der Waals surface area contributed by atoms with Crippen LogP contribution in [0, 0.1) is 11.8 Å². The van der Waals surface area contributed by atoms with Crippen LogP contribution in [0.4, 0.5) is 0 Å². The number of amides is 2. The molecule has 0 aromatic heterocycles. The summed E-state index contributed by atoms with van der Waals surface area (Å²) >= 11 is 0. The molecule has 1 heterocycles. The molecule has 1 atom stereocenters. The average molecular weight is 360 g/mol. The number of benzene rings is 1. The van der Waals surface area contributed by atoms with Crippen molar-refractivity contribution in [3.05, 3.63) is 35.9 Å². The second-order valence-electron chi connectivity index (χ2n) is 7.91. The Morgan fingerprint density at radius 1 is 1.23 bits per heavy atom. The Morgan fingerprint density at radius 3 is 2.38 bits per heavy atom. The lowest BCUT2D eigenvalue weighted by Gasteiger charge is -2.37. The van der Waals surface area contributed by atoms with Crippen LogP contribution in [0.1, 0.15) is 45.6 Å². The Hall–Kier alpha value is -1.88. The number of carbonyl (C=O) groups is 2. The fraction of sp³-hybridized carbons (Fsp3) is 0.619. The monoisotopic (exact) mass is 359 g/mol. The van der Waals surface area contributed by atoms with Gasteiger partial charge in [-0.15, -0.1) is 0 Å². The van der Waals surface area contributed by atoms with Crippen molar-refractivity contribution in [3.63, 3.8) is 0 Å². The molecule has 0 bridgehead atoms. The molecule has 2 amide bonds. The predicted octanol–water partition coefficient (Wildman–Crippen LogP) is 2.35. The van der Waals surface area contributed by atoms with Crippen LogP contribution in [0.5, 0.6) is 0 Å². The van der Waals surface area contributed by atoms with Gasteiger partial charge < -0.3 is 16.0 Å². The number of rotatable bonds is 7. The fourth-order valence-corrected chi connectivity index (χ4v) is 3.26. The van der Waals surface area contributed by atoms with Gasteiger partial charge in [-0.1, -0.05) is 44.2 Å². The van der Waals surface area contributed by atoms with E-state index in [1.165, 1.54) is 5.56 Å². The van der Waals surface area contributed by atoms with Crippen LogP contribution in [0.2, 0.25) is 0 Å². The highest BCUT2D eigenvalue weighted by molar-refractivity contribution is 5.80. The zero-order chi connectivity index (χ0) is 19.2. The summed E-state index contributed by atoms with van der Waals surface area (Å²) in [5.41, 5.74) is 6.67. The smallest absolute Gasteiger partial charge is 0.223 e. The first-order valence-corrected chi connectivity index (χ1v) is 9.69. The molecule has 1 aliphatic heterocycles. The third-order valence-corrected chi connectivity index (χ3v) is 5.80. The summed E-state index contributed by atoms with van der Waals surface area (Å²) in [6.45, 7) is 7.88. The van der Waals surface area contributed by atoms with Crippen LogP contribution in [-0.2, 0) is 16.0 Å². The number of nitrogens with two attached hydrogens (primary N) is 1. The number of hydrogen-bond acceptors (Lipinski definition) is 3. The second kappa shape index (κ2) is 9.17. The van der Waals surface area contributed by atoms with Gasteiger partial charge in [-0.25, -0.2) is 0 Å². The third-order valence-electron chi connectivity index (χ3n) is 5.80. The van der Waals surface area contributed by atoms with Crippen LogP contribution in [-0.4, -0.2) is 41.9 Å². The Kier molecular flexibility index (Phi) is 7.21. The van der Waals surface area contributed by atoms with Crippen LogP contribution >= 0.6 is 0 Å². The van der Waals surface area contributed by atoms with E-state index >= 15 is 0 Å². The van der Waals surface area contributed by atoms with E-state index in [9.17, 15) is 9.59 Å². The van der Waals surface area contributed by atoms with Gasteiger partial charge >= 0.3 is 0 Å². The van der Waals surface area contributed by atoms with E-state index in [4.69, 9.17) is 5.73 Å². The predicted molar refractivity (Wildman–Crippen MR) is 105 cm³/mol. The number of nitrogens with zero attached hydrogens (tertiary/aromatic N) is 1. The number of likely N-dealkylation sites (tertiary alicyclic amines) is 1. The van der Waals surface area contributed by atoms with Gasteiger partial charge in [0.05, 0.1) is 5.54 Å². The Morgan fingerprint density at radius 2 is 1.85 bits per heavy atom. The Bertz CT molecular complexity index is 595. The summed E-state index contributed by atoms with van der Waals surface area (Å²) in [5.74, 6) is 0.499. The lowest BCUT2D eigenvalue weighted by Crippen LogP contribution is -2.57. The molecular weight excluding hydrogens is 326 g/mol. The van der Waals surface area contributed by atoms with Crippen LogP contribution < -0.4 is 11.1 Å². The van der Waals surface area contributed by atoms with Gasteiger partial charge in [-0.3, -0.25) is 9.59 Å². The molecule has 0 radical (unpaired) electrons. The zero-order valence-electron chi connectivity index (χ0n) is 16.3. The molecule has 144 valence electrons. The van der Waals surface area contributed by atoms with Crippen molar-refractivity contribution in [2.24, 2.45) is 17.6 Å². The minimum atomic E-state index is -0.375. The van der Waals surface area contributed by atoms with Crippen LogP contribution in [0.15, 0.2) is 30.3 Å². The first-order chi connectivity index (χ1) is 12.4. The van der Waals surface area contributed by atoms with Crippen molar-refractivity contribution in [1.29, 1.82) is 0 Å². The molecule has 3 N–H and O–H groups in total. The second-order valence-corrected chi connectivity index (χ2v) is 7.91. The zero-order valence-corrected chi connectivity index (χ0v) is 16.3. The maximum atomic E-state index is 12.6. The standard InChI is InChI=1S/C21H33N3O2/c1-16(2)21(3,15-22)23-20(26)18-11-13-24(14-12-18)19(25)10-9-17-7-5-4-6-8-17/h4-8,16,18H,9-15,22H2,1-3H3,(H,23,26). The van der Waals surface area contributed by atoms with Gasteiger partial charge in [-0.05, 0) is 37.7 Å². The lowest BCUT2D eigenvalue weighted by molar-refractivity contribution is -0.136. The highest BCUT2D eigenvalue weighted by Gasteiger charge is 2.33. The molecule has 0 aliphatic carbocycles. The number of carbonyl (C=O) groups excluding carboxylic acids is 2. The van der Waals surface area contributed by atoms with E-state index < -0.39 is 0 Å². The Labute approximate surface area is 157 Å². The molecule has 1 saturated heterocycles. The van der Waals surface area contributed by atoms with Crippen molar-refractivity contribution < 1.29 is 9.59 Å². The normalized spacial score (nSPS) is 17.8. The summed E-state index contributed by atoms with van der Waals surface area (Å²) in [6.07, 6.45) is 2.74. The first-order valence-electron chi connectivity index (χ1n) is 9.69. The van der Waals surface area contributed by atoms with Gasteiger partial charge in [-0.2, -0.15) is 0 Å². The molecule has 1 unspecified atom stereocenters.